The quantitative estimate of drug-likeness (QED) is 0.316. The Balaban J connectivity index is -0.000000391. The van der Waals surface area contributed by atoms with Crippen LogP contribution >= 0.6 is 0 Å². The third-order valence-electron chi connectivity index (χ3n) is 3.34. The standard InChI is InChI=1S/2C10H17OSi.C3H6.2ClH.Zr/c2*1-12(2,3)11-9-8-10-6-4-5-7-10;1-3-2;;;/h2*4,6H,5,8-9H2,1-3H3;1-2H3;2*1H;/q2*-1;;;;+2/p-2. The topological polar surface area (TPSA) is 18.5 Å². The maximum absolute atomic E-state index is 5.74. The van der Waals surface area contributed by atoms with Gasteiger partial charge >= 0.3 is 41.3 Å². The van der Waals surface area contributed by atoms with Gasteiger partial charge in [-0.05, 0) is 52.1 Å². The Morgan fingerprint density at radius 1 is 0.800 bits per heavy atom. The summed E-state index contributed by atoms with van der Waals surface area (Å²) in [6.45, 7) is 19.3. The van der Waals surface area contributed by atoms with Crippen LogP contribution in [0.2, 0.25) is 39.3 Å². The van der Waals surface area contributed by atoms with Crippen LogP contribution < -0.4 is 24.8 Å². The minimum absolute atomic E-state index is 0. The number of rotatable bonds is 8. The second-order valence-corrected chi connectivity index (χ2v) is 20.5. The molecule has 7 heteroatoms. The van der Waals surface area contributed by atoms with Crippen LogP contribution in [0.1, 0.15) is 39.5 Å². The molecule has 172 valence electrons. The van der Waals surface area contributed by atoms with E-state index in [1.807, 2.05) is 0 Å². The Morgan fingerprint density at radius 3 is 1.30 bits per heavy atom. The molecule has 0 atom stereocenters. The van der Waals surface area contributed by atoms with Crippen LogP contribution in [0.25, 0.3) is 0 Å². The maximum atomic E-state index is 5.74. The summed E-state index contributed by atoms with van der Waals surface area (Å²) < 4.78 is 13.0. The van der Waals surface area contributed by atoms with Crippen LogP contribution in [-0.4, -0.2) is 33.1 Å². The molecule has 0 radical (unpaired) electrons. The molecule has 2 nitrogen and oxygen atoms in total. The van der Waals surface area contributed by atoms with Crippen molar-refractivity contribution < 1.29 is 57.9 Å². The number of halogens is 2. The van der Waals surface area contributed by atoms with Crippen molar-refractivity contribution >= 4 is 19.8 Å². The summed E-state index contributed by atoms with van der Waals surface area (Å²) >= 11 is 1.55. The molecule has 0 bridgehead atoms. The molecule has 0 heterocycles. The Bertz CT molecular complexity index is 537. The molecule has 0 N–H and O–H groups in total. The van der Waals surface area contributed by atoms with Gasteiger partial charge in [-0.2, -0.15) is 12.2 Å². The number of hydrogen-bond acceptors (Lipinski definition) is 2. The molecule has 2 rings (SSSR count). The van der Waals surface area contributed by atoms with Gasteiger partial charge in [-0.25, -0.2) is 23.3 Å². The summed E-state index contributed by atoms with van der Waals surface area (Å²) in [6.07, 6.45) is 19.2. The van der Waals surface area contributed by atoms with E-state index in [1.54, 1.807) is 24.2 Å². The fourth-order valence-electron chi connectivity index (χ4n) is 2.18. The zero-order chi connectivity index (χ0) is 21.6. The molecule has 0 amide bonds. The Hall–Kier alpha value is 0.647. The second-order valence-electron chi connectivity index (χ2n) is 9.04. The second kappa shape index (κ2) is 19.1. The van der Waals surface area contributed by atoms with Gasteiger partial charge in [0.25, 0.3) is 0 Å². The summed E-state index contributed by atoms with van der Waals surface area (Å²) in [5, 5.41) is 0. The van der Waals surface area contributed by atoms with E-state index in [9.17, 15) is 0 Å². The van der Waals surface area contributed by atoms with E-state index in [0.717, 1.165) is 38.9 Å². The van der Waals surface area contributed by atoms with Gasteiger partial charge in [0.05, 0.1) is 0 Å². The molecule has 0 aliphatic heterocycles. The van der Waals surface area contributed by atoms with Crippen LogP contribution in [0.3, 0.4) is 0 Å². The molecule has 0 aromatic carbocycles. The van der Waals surface area contributed by atoms with Crippen LogP contribution in [-0.2, 0) is 33.1 Å². The Kier molecular flexibility index (Phi) is 22.5. The first-order valence-electron chi connectivity index (χ1n) is 10.2. The molecule has 30 heavy (non-hydrogen) atoms. The summed E-state index contributed by atoms with van der Waals surface area (Å²) in [5.41, 5.74) is 2.63. The summed E-state index contributed by atoms with van der Waals surface area (Å²) in [7, 11) is -2.59. The van der Waals surface area contributed by atoms with Crippen LogP contribution in [0.15, 0.2) is 35.5 Å². The first-order valence-corrected chi connectivity index (χ1v) is 18.3. The molecule has 0 aromatic heterocycles. The van der Waals surface area contributed by atoms with E-state index in [1.165, 1.54) is 14.4 Å². The van der Waals surface area contributed by atoms with E-state index in [0.29, 0.717) is 0 Å². The average molecular weight is 567 g/mol. The van der Waals surface area contributed by atoms with Gasteiger partial charge < -0.3 is 33.7 Å². The van der Waals surface area contributed by atoms with Gasteiger partial charge in [0.1, 0.15) is 0 Å². The molecule has 0 fully saturated rings. The summed E-state index contributed by atoms with van der Waals surface area (Å²) in [4.78, 5) is 0. The summed E-state index contributed by atoms with van der Waals surface area (Å²) in [5.74, 6) is 0. The fourth-order valence-corrected chi connectivity index (χ4v) is 3.61. The molecule has 0 aromatic rings. The van der Waals surface area contributed by atoms with E-state index < -0.39 is 16.6 Å². The summed E-state index contributed by atoms with van der Waals surface area (Å²) in [6, 6.07) is 0. The smallest absolute Gasteiger partial charge is 0.183 e. The van der Waals surface area contributed by atoms with Crippen molar-refractivity contribution in [2.24, 2.45) is 0 Å². The van der Waals surface area contributed by atoms with Crippen molar-refractivity contribution in [3.63, 3.8) is 0 Å². The first kappa shape index (κ1) is 35.2. The van der Waals surface area contributed by atoms with Gasteiger partial charge in [-0.3, -0.25) is 12.2 Å². The fraction of sp³-hybridized carbons (Fsp3) is 0.609. The number of allylic oxidation sites excluding steroid dienone is 6. The zero-order valence-corrected chi connectivity index (χ0v) is 26.1. The van der Waals surface area contributed by atoms with Crippen LogP contribution in [0, 0.1) is 12.2 Å². The maximum Gasteiger partial charge on any atom is 0.183 e. The van der Waals surface area contributed by atoms with Gasteiger partial charge in [0, 0.05) is 13.2 Å². The van der Waals surface area contributed by atoms with Crippen molar-refractivity contribution in [2.75, 3.05) is 13.2 Å². The van der Waals surface area contributed by atoms with E-state index in [2.05, 4.69) is 89.6 Å². The largest absolute Gasteiger partial charge is 1.00 e. The van der Waals surface area contributed by atoms with Gasteiger partial charge in [-0.1, -0.05) is 0 Å². The third kappa shape index (κ3) is 26.7. The van der Waals surface area contributed by atoms with Crippen molar-refractivity contribution in [2.45, 2.75) is 78.8 Å². The first-order chi connectivity index (χ1) is 12.9. The molecule has 0 saturated heterocycles. The third-order valence-corrected chi connectivity index (χ3v) is 5.49. The van der Waals surface area contributed by atoms with Gasteiger partial charge in [-0.15, -0.1) is 12.8 Å². The molecular weight excluding hydrogens is 527 g/mol. The predicted molar refractivity (Wildman–Crippen MR) is 125 cm³/mol. The SMILES string of the molecule is C[C](C)=[Zr+2].C[Si](C)(C)OCCC1=[C-]CC=C1.C[Si](C)(C)OCCC1=[C-]CC=C1.[Cl-].[Cl-]. The molecular formula is C23H40Cl2O2Si2Zr-2. The average Bonchev–Trinajstić information content (AvgIpc) is 3.18. The van der Waals surface area contributed by atoms with E-state index in [4.69, 9.17) is 8.85 Å². The molecule has 0 spiro atoms. The molecule has 0 saturated carbocycles. The zero-order valence-electron chi connectivity index (χ0n) is 20.1. The minimum Gasteiger partial charge on any atom is -1.00 e. The van der Waals surface area contributed by atoms with E-state index in [-0.39, 0.29) is 24.8 Å². The normalized spacial score (nSPS) is 14.3. The van der Waals surface area contributed by atoms with Crippen LogP contribution in [0.5, 0.6) is 0 Å². The monoisotopic (exact) mass is 564 g/mol. The van der Waals surface area contributed by atoms with Crippen molar-refractivity contribution in [3.05, 3.63) is 47.6 Å². The van der Waals surface area contributed by atoms with Gasteiger partial charge in [0.15, 0.2) is 16.6 Å². The predicted octanol–water partition coefficient (Wildman–Crippen LogP) is 0.588. The molecule has 2 aliphatic rings. The number of hydrogen-bond donors (Lipinski definition) is 0. The van der Waals surface area contributed by atoms with Crippen molar-refractivity contribution in [1.82, 2.24) is 0 Å². The minimum atomic E-state index is -1.29. The van der Waals surface area contributed by atoms with Crippen molar-refractivity contribution in [3.8, 4) is 0 Å². The Labute approximate surface area is 216 Å². The molecule has 0 unspecified atom stereocenters. The van der Waals surface area contributed by atoms with Crippen LogP contribution in [0.4, 0.5) is 0 Å². The molecule has 2 aliphatic carbocycles. The Morgan fingerprint density at radius 2 is 1.10 bits per heavy atom. The van der Waals surface area contributed by atoms with Gasteiger partial charge in [0.2, 0.25) is 0 Å². The van der Waals surface area contributed by atoms with E-state index >= 15 is 0 Å². The van der Waals surface area contributed by atoms with Crippen molar-refractivity contribution in [1.29, 1.82) is 0 Å².